The highest BCUT2D eigenvalue weighted by atomic mass is 14.4. The van der Waals surface area contributed by atoms with Gasteiger partial charge in [-0.2, -0.15) is 0 Å². The van der Waals surface area contributed by atoms with Gasteiger partial charge in [-0.05, 0) is 81.8 Å². The van der Waals surface area contributed by atoms with Crippen LogP contribution >= 0.6 is 0 Å². The number of rotatable bonds is 0. The van der Waals surface area contributed by atoms with Crippen molar-refractivity contribution in [2.75, 3.05) is 0 Å². The van der Waals surface area contributed by atoms with E-state index in [1.165, 1.54) is 22.3 Å². The summed E-state index contributed by atoms with van der Waals surface area (Å²) >= 11 is 0. The van der Waals surface area contributed by atoms with E-state index < -0.39 is 0 Å². The van der Waals surface area contributed by atoms with Crippen molar-refractivity contribution in [3.63, 3.8) is 0 Å². The first kappa shape index (κ1) is 16.1. The predicted molar refractivity (Wildman–Crippen MR) is 103 cm³/mol. The van der Waals surface area contributed by atoms with Crippen LogP contribution in [0.5, 0.6) is 0 Å². The third-order valence-electron chi connectivity index (χ3n) is 4.24. The number of fused-ring (bicyclic) bond motifs is 3. The van der Waals surface area contributed by atoms with Crippen molar-refractivity contribution in [1.82, 2.24) is 0 Å². The number of benzene rings is 2. The lowest BCUT2D eigenvalue weighted by Crippen LogP contribution is -2.14. The molecule has 0 radical (unpaired) electrons. The molecule has 0 fully saturated rings. The normalized spacial score (nSPS) is 11.4. The summed E-state index contributed by atoms with van der Waals surface area (Å²) < 4.78 is 0. The molecule has 0 heterocycles. The summed E-state index contributed by atoms with van der Waals surface area (Å²) in [4.78, 5) is 0. The van der Waals surface area contributed by atoms with Gasteiger partial charge in [0.15, 0.2) is 0 Å². The van der Waals surface area contributed by atoms with Crippen LogP contribution in [0.3, 0.4) is 0 Å². The lowest BCUT2D eigenvalue weighted by atomic mass is 9.82. The molecule has 0 nitrogen and oxygen atoms in total. The Kier molecular flexibility index (Phi) is 4.37. The fourth-order valence-electron chi connectivity index (χ4n) is 3.09. The maximum absolute atomic E-state index is 4.99. The van der Waals surface area contributed by atoms with Crippen LogP contribution in [0.25, 0.3) is 11.1 Å². The van der Waals surface area contributed by atoms with Crippen LogP contribution in [0.2, 0.25) is 0 Å². The molecule has 0 saturated carbocycles. The minimum Gasteiger partial charge on any atom is -0.106 e. The van der Waals surface area contributed by atoms with E-state index in [1.807, 2.05) is 6.07 Å². The molecule has 0 saturated heterocycles. The SMILES string of the molecule is C#CC#CC#CC#CC#Cc1ccc2c(c1)-c1ccccc1C2(C)C. The summed E-state index contributed by atoms with van der Waals surface area (Å²) in [6, 6.07) is 14.9. The van der Waals surface area contributed by atoms with E-state index in [-0.39, 0.29) is 5.41 Å². The Hall–Kier alpha value is -3.76. The van der Waals surface area contributed by atoms with Crippen molar-refractivity contribution < 1.29 is 0 Å². The molecule has 114 valence electrons. The minimum absolute atomic E-state index is 0.0205. The van der Waals surface area contributed by atoms with Crippen molar-refractivity contribution in [2.24, 2.45) is 0 Å². The molecular formula is C25H14. The Morgan fingerprint density at radius 1 is 0.720 bits per heavy atom. The molecule has 0 amide bonds. The van der Waals surface area contributed by atoms with E-state index in [4.69, 9.17) is 6.42 Å². The predicted octanol–water partition coefficient (Wildman–Crippen LogP) is 3.99. The van der Waals surface area contributed by atoms with Gasteiger partial charge in [-0.25, -0.2) is 0 Å². The first-order valence-corrected chi connectivity index (χ1v) is 7.85. The molecule has 0 spiro atoms. The number of hydrogen-bond acceptors (Lipinski definition) is 0. The zero-order valence-electron chi connectivity index (χ0n) is 14.1. The van der Waals surface area contributed by atoms with E-state index in [9.17, 15) is 0 Å². The smallest absolute Gasteiger partial charge is 0.0261 e. The maximum Gasteiger partial charge on any atom is 0.0261 e. The molecule has 1 aliphatic carbocycles. The summed E-state index contributed by atoms with van der Waals surface area (Å²) in [5, 5.41) is 0. The zero-order chi connectivity index (χ0) is 17.7. The third-order valence-corrected chi connectivity index (χ3v) is 4.24. The lowest BCUT2D eigenvalue weighted by Gasteiger charge is -2.21. The van der Waals surface area contributed by atoms with Crippen LogP contribution in [-0.2, 0) is 5.41 Å². The van der Waals surface area contributed by atoms with Gasteiger partial charge in [-0.1, -0.05) is 50.1 Å². The van der Waals surface area contributed by atoms with Crippen LogP contribution in [0.4, 0.5) is 0 Å². The zero-order valence-corrected chi connectivity index (χ0v) is 14.1. The van der Waals surface area contributed by atoms with Crippen LogP contribution in [0.1, 0.15) is 30.5 Å². The second-order valence-electron chi connectivity index (χ2n) is 6.08. The Balaban J connectivity index is 1.90. The van der Waals surface area contributed by atoms with Gasteiger partial charge in [-0.3, -0.25) is 0 Å². The van der Waals surface area contributed by atoms with Crippen LogP contribution in [-0.4, -0.2) is 0 Å². The van der Waals surface area contributed by atoms with E-state index in [0.29, 0.717) is 0 Å². The highest BCUT2D eigenvalue weighted by molar-refractivity contribution is 5.81. The van der Waals surface area contributed by atoms with Gasteiger partial charge in [0.2, 0.25) is 0 Å². The quantitative estimate of drug-likeness (QED) is 0.645. The Bertz CT molecular complexity index is 1140. The fourth-order valence-corrected chi connectivity index (χ4v) is 3.09. The topological polar surface area (TPSA) is 0 Å². The number of terminal acetylenes is 1. The van der Waals surface area contributed by atoms with Gasteiger partial charge < -0.3 is 0 Å². The van der Waals surface area contributed by atoms with Gasteiger partial charge in [0.1, 0.15) is 0 Å². The number of hydrogen-bond donors (Lipinski definition) is 0. The molecule has 3 rings (SSSR count). The molecular weight excluding hydrogens is 300 g/mol. The molecule has 0 atom stereocenters. The Morgan fingerprint density at radius 2 is 1.36 bits per heavy atom. The highest BCUT2D eigenvalue weighted by Crippen LogP contribution is 2.48. The molecule has 0 N–H and O–H groups in total. The molecule has 25 heavy (non-hydrogen) atoms. The fraction of sp³-hybridized carbons (Fsp3) is 0.120. The molecule has 1 aliphatic rings. The van der Waals surface area contributed by atoms with Gasteiger partial charge in [0.05, 0.1) is 0 Å². The highest BCUT2D eigenvalue weighted by Gasteiger charge is 2.34. The monoisotopic (exact) mass is 314 g/mol. The first-order chi connectivity index (χ1) is 12.1. The van der Waals surface area contributed by atoms with Crippen molar-refractivity contribution in [2.45, 2.75) is 19.3 Å². The maximum atomic E-state index is 4.99. The standard InChI is InChI=1S/C25H14/c1-4-5-6-7-8-9-10-11-14-20-17-18-24-22(19-20)21-15-12-13-16-23(21)25(24,2)3/h1,12-13,15-19H,2-3H3. The minimum atomic E-state index is 0.0205. The van der Waals surface area contributed by atoms with Crippen molar-refractivity contribution >= 4 is 0 Å². The van der Waals surface area contributed by atoms with Crippen LogP contribution in [0.15, 0.2) is 42.5 Å². The van der Waals surface area contributed by atoms with Crippen molar-refractivity contribution in [3.05, 3.63) is 59.2 Å². The first-order valence-electron chi connectivity index (χ1n) is 7.85. The second-order valence-corrected chi connectivity index (χ2v) is 6.08. The van der Waals surface area contributed by atoms with Crippen molar-refractivity contribution in [3.8, 4) is 70.8 Å². The average molecular weight is 314 g/mol. The molecule has 0 heteroatoms. The second kappa shape index (κ2) is 6.78. The summed E-state index contributed by atoms with van der Waals surface area (Å²) in [6.07, 6.45) is 4.99. The van der Waals surface area contributed by atoms with Gasteiger partial charge in [0.25, 0.3) is 0 Å². The molecule has 0 unspecified atom stereocenters. The van der Waals surface area contributed by atoms with E-state index >= 15 is 0 Å². The molecule has 0 bridgehead atoms. The van der Waals surface area contributed by atoms with Gasteiger partial charge in [0, 0.05) is 11.0 Å². The van der Waals surface area contributed by atoms with E-state index in [1.54, 1.807) is 0 Å². The average Bonchev–Trinajstić information content (AvgIpc) is 2.85. The van der Waals surface area contributed by atoms with Gasteiger partial charge >= 0.3 is 0 Å². The Labute approximate surface area is 149 Å². The van der Waals surface area contributed by atoms with Crippen LogP contribution < -0.4 is 0 Å². The van der Waals surface area contributed by atoms with Crippen molar-refractivity contribution in [1.29, 1.82) is 0 Å². The Morgan fingerprint density at radius 3 is 2.12 bits per heavy atom. The largest absolute Gasteiger partial charge is 0.106 e. The third kappa shape index (κ3) is 3.15. The van der Waals surface area contributed by atoms with E-state index in [0.717, 1.165) is 5.56 Å². The van der Waals surface area contributed by atoms with E-state index in [2.05, 4.69) is 104 Å². The summed E-state index contributed by atoms with van der Waals surface area (Å²) in [6.45, 7) is 4.52. The van der Waals surface area contributed by atoms with Crippen LogP contribution in [0, 0.1) is 59.7 Å². The molecule has 0 aromatic heterocycles. The summed E-state index contributed by atoms with van der Waals surface area (Å²) in [7, 11) is 0. The summed E-state index contributed by atoms with van der Waals surface area (Å²) in [5.41, 5.74) is 6.20. The summed E-state index contributed by atoms with van der Waals surface area (Å²) in [5.74, 6) is 23.5. The molecule has 2 aromatic carbocycles. The molecule has 0 aliphatic heterocycles. The van der Waals surface area contributed by atoms with Gasteiger partial charge in [-0.15, -0.1) is 6.42 Å². The lowest BCUT2D eigenvalue weighted by molar-refractivity contribution is 0.660. The molecule has 2 aromatic rings.